The average molecular weight is 375 g/mol. The smallest absolute Gasteiger partial charge is 0.266 e. The number of hydrogen-bond acceptors (Lipinski definition) is 4. The van der Waals surface area contributed by atoms with Crippen molar-refractivity contribution in [1.29, 1.82) is 0 Å². The highest BCUT2D eigenvalue weighted by Crippen LogP contribution is 2.33. The van der Waals surface area contributed by atoms with Crippen molar-refractivity contribution in [2.45, 2.75) is 12.6 Å². The van der Waals surface area contributed by atoms with Gasteiger partial charge in [-0.2, -0.15) is 0 Å². The van der Waals surface area contributed by atoms with Gasteiger partial charge in [0.15, 0.2) is 11.5 Å². The van der Waals surface area contributed by atoms with Gasteiger partial charge in [-0.3, -0.25) is 4.79 Å². The van der Waals surface area contributed by atoms with E-state index in [-0.39, 0.29) is 5.91 Å². The molecule has 0 bridgehead atoms. The molecule has 0 fully saturated rings. The van der Waals surface area contributed by atoms with Gasteiger partial charge in [0.2, 0.25) is 6.10 Å². The molecule has 0 aliphatic carbocycles. The van der Waals surface area contributed by atoms with Crippen LogP contribution in [0.15, 0.2) is 78.9 Å². The molecule has 1 unspecified atom stereocenters. The van der Waals surface area contributed by atoms with Crippen molar-refractivity contribution in [2.24, 2.45) is 0 Å². The van der Waals surface area contributed by atoms with E-state index in [0.29, 0.717) is 37.0 Å². The van der Waals surface area contributed by atoms with Crippen molar-refractivity contribution in [1.82, 2.24) is 5.32 Å². The highest BCUT2D eigenvalue weighted by molar-refractivity contribution is 5.82. The second-order valence-corrected chi connectivity index (χ2v) is 6.38. The normalized spacial score (nSPS) is 13.4. The van der Waals surface area contributed by atoms with Gasteiger partial charge in [0.1, 0.15) is 19.0 Å². The largest absolute Gasteiger partial charge is 0.486 e. The van der Waals surface area contributed by atoms with E-state index < -0.39 is 6.10 Å². The zero-order valence-electron chi connectivity index (χ0n) is 15.3. The van der Waals surface area contributed by atoms with Crippen LogP contribution in [0.1, 0.15) is 17.2 Å². The maximum atomic E-state index is 13.0. The maximum Gasteiger partial charge on any atom is 0.266 e. The summed E-state index contributed by atoms with van der Waals surface area (Å²) in [6.45, 7) is 1.36. The van der Waals surface area contributed by atoms with E-state index in [1.807, 2.05) is 78.9 Å². The van der Waals surface area contributed by atoms with Crippen LogP contribution in [0.3, 0.4) is 0 Å². The Morgan fingerprint density at radius 2 is 1.61 bits per heavy atom. The average Bonchev–Trinajstić information content (AvgIpc) is 2.77. The standard InChI is InChI=1S/C23H21NO4/c25-23(24-16-18-10-7-13-20-21(18)27-15-14-26-20)22(17-8-3-1-4-9-17)28-19-11-5-2-6-12-19/h1-13,22H,14-16H2,(H,24,25). The number of nitrogens with one attached hydrogen (secondary N) is 1. The number of amides is 1. The molecule has 3 aromatic carbocycles. The number of fused-ring (bicyclic) bond motifs is 1. The number of hydrogen-bond donors (Lipinski definition) is 1. The van der Waals surface area contributed by atoms with Crippen LogP contribution in [0, 0.1) is 0 Å². The van der Waals surface area contributed by atoms with Gasteiger partial charge in [-0.15, -0.1) is 0 Å². The van der Waals surface area contributed by atoms with E-state index >= 15 is 0 Å². The molecular weight excluding hydrogens is 354 g/mol. The first-order chi connectivity index (χ1) is 13.8. The first-order valence-corrected chi connectivity index (χ1v) is 9.23. The van der Waals surface area contributed by atoms with E-state index in [2.05, 4.69) is 5.32 Å². The molecule has 1 amide bonds. The summed E-state index contributed by atoms with van der Waals surface area (Å²) in [6.07, 6.45) is -0.750. The highest BCUT2D eigenvalue weighted by Gasteiger charge is 2.23. The van der Waals surface area contributed by atoms with Crippen molar-refractivity contribution >= 4 is 5.91 Å². The van der Waals surface area contributed by atoms with Crippen molar-refractivity contribution in [3.05, 3.63) is 90.0 Å². The minimum Gasteiger partial charge on any atom is -0.486 e. The fourth-order valence-electron chi connectivity index (χ4n) is 3.08. The molecule has 5 heteroatoms. The zero-order valence-corrected chi connectivity index (χ0v) is 15.3. The Kier molecular flexibility index (Phi) is 5.43. The molecule has 4 rings (SSSR count). The molecule has 0 aromatic heterocycles. The molecule has 0 saturated carbocycles. The minimum atomic E-state index is -0.750. The molecule has 0 radical (unpaired) electrons. The SMILES string of the molecule is O=C(NCc1cccc2c1OCCO2)C(Oc1ccccc1)c1ccccc1. The van der Waals surface area contributed by atoms with Crippen LogP contribution in [-0.2, 0) is 11.3 Å². The number of carbonyl (C=O) groups is 1. The minimum absolute atomic E-state index is 0.218. The molecule has 0 spiro atoms. The topological polar surface area (TPSA) is 56.8 Å². The van der Waals surface area contributed by atoms with Gasteiger partial charge in [-0.05, 0) is 18.2 Å². The van der Waals surface area contributed by atoms with Gasteiger partial charge in [-0.25, -0.2) is 0 Å². The molecular formula is C23H21NO4. The summed E-state index contributed by atoms with van der Waals surface area (Å²) < 4.78 is 17.3. The predicted octanol–water partition coefficient (Wildman–Crippen LogP) is 3.89. The van der Waals surface area contributed by atoms with Gasteiger partial charge in [0, 0.05) is 17.7 Å². The van der Waals surface area contributed by atoms with Crippen LogP contribution in [0.5, 0.6) is 17.2 Å². The van der Waals surface area contributed by atoms with Crippen molar-refractivity contribution in [3.63, 3.8) is 0 Å². The van der Waals surface area contributed by atoms with E-state index in [9.17, 15) is 4.79 Å². The maximum absolute atomic E-state index is 13.0. The molecule has 3 aromatic rings. The lowest BCUT2D eigenvalue weighted by atomic mass is 10.1. The molecule has 1 heterocycles. The molecule has 1 N–H and O–H groups in total. The number of ether oxygens (including phenoxy) is 3. The number of carbonyl (C=O) groups excluding carboxylic acids is 1. The van der Waals surface area contributed by atoms with Crippen LogP contribution in [0.25, 0.3) is 0 Å². The van der Waals surface area contributed by atoms with Crippen molar-refractivity contribution in [2.75, 3.05) is 13.2 Å². The summed E-state index contributed by atoms with van der Waals surface area (Å²) in [5.74, 6) is 1.82. The quantitative estimate of drug-likeness (QED) is 0.710. The molecule has 1 aliphatic heterocycles. The monoisotopic (exact) mass is 375 g/mol. The summed E-state index contributed by atoms with van der Waals surface area (Å²) in [7, 11) is 0. The van der Waals surface area contributed by atoms with Gasteiger partial charge >= 0.3 is 0 Å². The Morgan fingerprint density at radius 1 is 0.893 bits per heavy atom. The van der Waals surface area contributed by atoms with Gasteiger partial charge in [-0.1, -0.05) is 60.7 Å². The molecule has 0 saturated heterocycles. The number of rotatable bonds is 6. The van der Waals surface area contributed by atoms with Crippen molar-refractivity contribution in [3.8, 4) is 17.2 Å². The van der Waals surface area contributed by atoms with Crippen LogP contribution in [-0.4, -0.2) is 19.1 Å². The number of para-hydroxylation sites is 2. The third-order valence-corrected chi connectivity index (χ3v) is 4.44. The highest BCUT2D eigenvalue weighted by atomic mass is 16.6. The first kappa shape index (κ1) is 17.9. The van der Waals surface area contributed by atoms with Crippen LogP contribution < -0.4 is 19.5 Å². The van der Waals surface area contributed by atoms with Crippen molar-refractivity contribution < 1.29 is 19.0 Å². The fourth-order valence-corrected chi connectivity index (χ4v) is 3.08. The third kappa shape index (κ3) is 4.09. The third-order valence-electron chi connectivity index (χ3n) is 4.44. The second kappa shape index (κ2) is 8.48. The molecule has 28 heavy (non-hydrogen) atoms. The van der Waals surface area contributed by atoms with E-state index in [1.54, 1.807) is 0 Å². The van der Waals surface area contributed by atoms with Gasteiger partial charge in [0.25, 0.3) is 5.91 Å². The van der Waals surface area contributed by atoms with E-state index in [1.165, 1.54) is 0 Å². The summed E-state index contributed by atoms with van der Waals surface area (Å²) in [4.78, 5) is 13.0. The Morgan fingerprint density at radius 3 is 2.39 bits per heavy atom. The zero-order chi connectivity index (χ0) is 19.2. The number of benzene rings is 3. The molecule has 142 valence electrons. The van der Waals surface area contributed by atoms with Crippen LogP contribution in [0.2, 0.25) is 0 Å². The lowest BCUT2D eigenvalue weighted by Gasteiger charge is -2.22. The van der Waals surface area contributed by atoms with Crippen LogP contribution >= 0.6 is 0 Å². The Bertz CT molecular complexity index is 928. The summed E-state index contributed by atoms with van der Waals surface area (Å²) in [5, 5.41) is 2.97. The summed E-state index contributed by atoms with van der Waals surface area (Å²) in [6, 6.07) is 24.5. The Hall–Kier alpha value is -3.47. The van der Waals surface area contributed by atoms with E-state index in [4.69, 9.17) is 14.2 Å². The fraction of sp³-hybridized carbons (Fsp3) is 0.174. The molecule has 5 nitrogen and oxygen atoms in total. The summed E-state index contributed by atoms with van der Waals surface area (Å²) >= 11 is 0. The first-order valence-electron chi connectivity index (χ1n) is 9.23. The molecule has 1 atom stereocenters. The predicted molar refractivity (Wildman–Crippen MR) is 106 cm³/mol. The summed E-state index contributed by atoms with van der Waals surface area (Å²) in [5.41, 5.74) is 1.66. The second-order valence-electron chi connectivity index (χ2n) is 6.38. The Labute approximate surface area is 163 Å². The van der Waals surface area contributed by atoms with Crippen LogP contribution in [0.4, 0.5) is 0 Å². The lowest BCUT2D eigenvalue weighted by Crippen LogP contribution is -2.32. The van der Waals surface area contributed by atoms with E-state index in [0.717, 1.165) is 11.1 Å². The Balaban J connectivity index is 1.51. The molecule has 1 aliphatic rings. The van der Waals surface area contributed by atoms with Gasteiger partial charge < -0.3 is 19.5 Å². The lowest BCUT2D eigenvalue weighted by molar-refractivity contribution is -0.128. The van der Waals surface area contributed by atoms with Gasteiger partial charge in [0.05, 0.1) is 0 Å².